The largest absolute Gasteiger partial charge is 0.497 e. The molecule has 0 amide bonds. The molecule has 0 bridgehead atoms. The summed E-state index contributed by atoms with van der Waals surface area (Å²) < 4.78 is 24.6. The number of Topliss-reactive ketones (excluding diaryl/α,β-unsaturated/α-hetero) is 1. The van der Waals surface area contributed by atoms with Gasteiger partial charge in [0.25, 0.3) is 0 Å². The van der Waals surface area contributed by atoms with Gasteiger partial charge in [-0.05, 0) is 31.2 Å². The van der Waals surface area contributed by atoms with Gasteiger partial charge in [0.2, 0.25) is 0 Å². The van der Waals surface area contributed by atoms with Gasteiger partial charge in [-0.1, -0.05) is 12.1 Å². The van der Waals surface area contributed by atoms with Crippen molar-refractivity contribution >= 4 is 17.1 Å². The normalized spacial score (nSPS) is 10.5. The number of carbonyl (C=O) groups excluding carboxylic acids is 1. The lowest BCUT2D eigenvalue weighted by atomic mass is 10.1. The molecule has 0 atom stereocenters. The maximum absolute atomic E-state index is 13.8. The molecular weight excluding hydrogens is 341 g/mol. The van der Waals surface area contributed by atoms with Gasteiger partial charge in [0.1, 0.15) is 28.9 Å². The Bertz CT molecular complexity index is 907. The molecule has 2 aromatic carbocycles. The lowest BCUT2D eigenvalue weighted by molar-refractivity contribution is 0.101. The van der Waals surface area contributed by atoms with Crippen molar-refractivity contribution in [2.45, 2.75) is 13.5 Å². The van der Waals surface area contributed by atoms with E-state index in [1.165, 1.54) is 30.4 Å². The number of rotatable bonds is 6. The molecule has 1 aromatic heterocycles. The molecule has 0 saturated heterocycles. The van der Waals surface area contributed by atoms with Gasteiger partial charge >= 0.3 is 0 Å². The van der Waals surface area contributed by atoms with Crippen LogP contribution in [-0.4, -0.2) is 17.9 Å². The quantitative estimate of drug-likeness (QED) is 0.598. The average molecular weight is 357 g/mol. The Labute approximate surface area is 148 Å². The van der Waals surface area contributed by atoms with E-state index in [1.807, 2.05) is 29.6 Å². The van der Waals surface area contributed by atoms with Gasteiger partial charge in [0.15, 0.2) is 5.78 Å². The zero-order valence-corrected chi connectivity index (χ0v) is 14.6. The molecule has 3 rings (SSSR count). The van der Waals surface area contributed by atoms with Gasteiger partial charge in [-0.15, -0.1) is 11.3 Å². The van der Waals surface area contributed by atoms with Crippen LogP contribution in [0.1, 0.15) is 23.0 Å². The molecule has 0 saturated carbocycles. The molecule has 3 aromatic rings. The highest BCUT2D eigenvalue weighted by molar-refractivity contribution is 7.13. The number of aromatic nitrogens is 1. The number of methoxy groups -OCH3 is 1. The number of ketones is 1. The summed E-state index contributed by atoms with van der Waals surface area (Å²) in [5.41, 5.74) is 1.77. The number of benzene rings is 2. The van der Waals surface area contributed by atoms with Crippen molar-refractivity contribution < 1.29 is 18.7 Å². The predicted molar refractivity (Wildman–Crippen MR) is 94.8 cm³/mol. The summed E-state index contributed by atoms with van der Waals surface area (Å²) in [5, 5.41) is 2.75. The molecule has 25 heavy (non-hydrogen) atoms. The molecule has 0 N–H and O–H groups in total. The molecular formula is C19H16FNO3S. The van der Waals surface area contributed by atoms with E-state index in [2.05, 4.69) is 4.98 Å². The van der Waals surface area contributed by atoms with Crippen molar-refractivity contribution in [3.05, 3.63) is 64.9 Å². The van der Waals surface area contributed by atoms with Crippen LogP contribution in [0.25, 0.3) is 10.6 Å². The van der Waals surface area contributed by atoms with Crippen molar-refractivity contribution in [2.75, 3.05) is 7.11 Å². The zero-order valence-electron chi connectivity index (χ0n) is 13.8. The lowest BCUT2D eigenvalue weighted by Gasteiger charge is -2.06. The first-order chi connectivity index (χ1) is 12.1. The van der Waals surface area contributed by atoms with Gasteiger partial charge in [0, 0.05) is 17.0 Å². The van der Waals surface area contributed by atoms with Gasteiger partial charge in [-0.2, -0.15) is 0 Å². The Hall–Kier alpha value is -2.73. The molecule has 4 nitrogen and oxygen atoms in total. The van der Waals surface area contributed by atoms with Gasteiger partial charge in [-0.3, -0.25) is 4.79 Å². The molecule has 6 heteroatoms. The van der Waals surface area contributed by atoms with Crippen LogP contribution in [0.4, 0.5) is 4.39 Å². The molecule has 0 aliphatic carbocycles. The first-order valence-electron chi connectivity index (χ1n) is 7.59. The van der Waals surface area contributed by atoms with Crippen molar-refractivity contribution in [2.24, 2.45) is 0 Å². The molecule has 1 heterocycles. The maximum Gasteiger partial charge on any atom is 0.162 e. The van der Waals surface area contributed by atoms with E-state index in [0.29, 0.717) is 5.75 Å². The number of carbonyl (C=O) groups is 1. The number of thiazole rings is 1. The fourth-order valence-corrected chi connectivity index (χ4v) is 3.09. The van der Waals surface area contributed by atoms with E-state index in [9.17, 15) is 9.18 Å². The summed E-state index contributed by atoms with van der Waals surface area (Å²) in [6.45, 7) is 1.55. The molecule has 0 aliphatic rings. The fourth-order valence-electron chi connectivity index (χ4n) is 2.29. The Morgan fingerprint density at radius 1 is 1.20 bits per heavy atom. The second kappa shape index (κ2) is 7.44. The third-order valence-corrected chi connectivity index (χ3v) is 4.52. The minimum atomic E-state index is -0.583. The molecule has 0 aliphatic heterocycles. The van der Waals surface area contributed by atoms with Crippen molar-refractivity contribution in [1.29, 1.82) is 0 Å². The summed E-state index contributed by atoms with van der Waals surface area (Å²) in [5.74, 6) is 0.233. The monoisotopic (exact) mass is 357 g/mol. The predicted octanol–water partition coefficient (Wildman–Crippen LogP) is 4.74. The second-order valence-electron chi connectivity index (χ2n) is 5.36. The maximum atomic E-state index is 13.8. The van der Waals surface area contributed by atoms with E-state index in [-0.39, 0.29) is 18.0 Å². The highest BCUT2D eigenvalue weighted by atomic mass is 32.1. The van der Waals surface area contributed by atoms with E-state index >= 15 is 0 Å². The van der Waals surface area contributed by atoms with Crippen LogP contribution in [-0.2, 0) is 6.61 Å². The molecule has 0 spiro atoms. The van der Waals surface area contributed by atoms with Crippen LogP contribution in [0.15, 0.2) is 47.8 Å². The van der Waals surface area contributed by atoms with Crippen LogP contribution < -0.4 is 9.47 Å². The van der Waals surface area contributed by atoms with Gasteiger partial charge in [-0.25, -0.2) is 9.37 Å². The van der Waals surface area contributed by atoms with E-state index in [0.717, 1.165) is 22.0 Å². The Morgan fingerprint density at radius 2 is 2.04 bits per heavy atom. The first kappa shape index (κ1) is 17.1. The molecule has 0 fully saturated rings. The lowest BCUT2D eigenvalue weighted by Crippen LogP contribution is -2.00. The van der Waals surface area contributed by atoms with Gasteiger partial charge < -0.3 is 9.47 Å². The highest BCUT2D eigenvalue weighted by Gasteiger charge is 2.10. The second-order valence-corrected chi connectivity index (χ2v) is 6.22. The smallest absolute Gasteiger partial charge is 0.162 e. The Balaban J connectivity index is 1.69. The number of hydrogen-bond acceptors (Lipinski definition) is 5. The number of nitrogens with zero attached hydrogens (tertiary/aromatic N) is 1. The third kappa shape index (κ3) is 4.03. The van der Waals surface area contributed by atoms with E-state index < -0.39 is 5.82 Å². The minimum Gasteiger partial charge on any atom is -0.497 e. The summed E-state index contributed by atoms with van der Waals surface area (Å²) in [6, 6.07) is 11.9. The minimum absolute atomic E-state index is 0.0568. The number of ether oxygens (including phenoxy) is 2. The van der Waals surface area contributed by atoms with Crippen LogP contribution in [0, 0.1) is 5.82 Å². The van der Waals surface area contributed by atoms with Crippen molar-refractivity contribution in [3.8, 4) is 22.1 Å². The highest BCUT2D eigenvalue weighted by Crippen LogP contribution is 2.27. The summed E-state index contributed by atoms with van der Waals surface area (Å²) in [4.78, 5) is 15.8. The van der Waals surface area contributed by atoms with Crippen LogP contribution >= 0.6 is 11.3 Å². The summed E-state index contributed by atoms with van der Waals surface area (Å²) >= 11 is 1.50. The standard InChI is InChI=1S/C19H16FNO3S/c1-12(22)17-7-6-16(9-18(17)20)24-10-14-11-25-19(21-14)13-4-3-5-15(8-13)23-2/h3-9,11H,10H2,1-2H3. The van der Waals surface area contributed by atoms with Crippen LogP contribution in [0.5, 0.6) is 11.5 Å². The van der Waals surface area contributed by atoms with Crippen LogP contribution in [0.2, 0.25) is 0 Å². The van der Waals surface area contributed by atoms with Crippen LogP contribution in [0.3, 0.4) is 0 Å². The van der Waals surface area contributed by atoms with Crippen molar-refractivity contribution in [3.63, 3.8) is 0 Å². The van der Waals surface area contributed by atoms with E-state index in [4.69, 9.17) is 9.47 Å². The van der Waals surface area contributed by atoms with Gasteiger partial charge in [0.05, 0.1) is 18.4 Å². The summed E-state index contributed by atoms with van der Waals surface area (Å²) in [6.07, 6.45) is 0. The Kier molecular flexibility index (Phi) is 5.09. The first-order valence-corrected chi connectivity index (χ1v) is 8.47. The molecule has 0 unspecified atom stereocenters. The summed E-state index contributed by atoms with van der Waals surface area (Å²) in [7, 11) is 1.62. The SMILES string of the molecule is COc1cccc(-c2nc(COc3ccc(C(C)=O)c(F)c3)cs2)c1. The molecule has 128 valence electrons. The fraction of sp³-hybridized carbons (Fsp3) is 0.158. The number of hydrogen-bond donors (Lipinski definition) is 0. The van der Waals surface area contributed by atoms with Crippen molar-refractivity contribution in [1.82, 2.24) is 4.98 Å². The average Bonchev–Trinajstić information content (AvgIpc) is 3.09. The van der Waals surface area contributed by atoms with E-state index in [1.54, 1.807) is 13.2 Å². The molecule has 0 radical (unpaired) electrons. The zero-order chi connectivity index (χ0) is 17.8. The third-order valence-electron chi connectivity index (χ3n) is 3.57. The topological polar surface area (TPSA) is 48.4 Å². The Morgan fingerprint density at radius 3 is 2.76 bits per heavy atom. The number of halogens is 1.